The van der Waals surface area contributed by atoms with Gasteiger partial charge in [-0.05, 0) is 32.8 Å². The Balaban J connectivity index is 1.43. The van der Waals surface area contributed by atoms with E-state index in [0.29, 0.717) is 42.2 Å². The minimum Gasteiger partial charge on any atom is -0.493 e. The first kappa shape index (κ1) is 23.6. The van der Waals surface area contributed by atoms with Gasteiger partial charge in [0.05, 0.1) is 25.5 Å². The van der Waals surface area contributed by atoms with Gasteiger partial charge in [-0.1, -0.05) is 0 Å². The number of piperidine rings is 1. The lowest BCUT2D eigenvalue weighted by molar-refractivity contribution is 0.113. The number of hydrogen-bond acceptors (Lipinski definition) is 9. The number of sulfonamides is 1. The van der Waals surface area contributed by atoms with Gasteiger partial charge >= 0.3 is 0 Å². The second-order valence-electron chi connectivity index (χ2n) is 9.31. The zero-order chi connectivity index (χ0) is 24.8. The van der Waals surface area contributed by atoms with Crippen LogP contribution in [0.25, 0.3) is 10.9 Å². The van der Waals surface area contributed by atoms with E-state index in [-0.39, 0.29) is 11.2 Å². The molecule has 0 aliphatic carbocycles. The smallest absolute Gasteiger partial charge is 0.227 e. The average Bonchev–Trinajstić information content (AvgIpc) is 3.25. The molecule has 1 spiro atoms. The third kappa shape index (κ3) is 4.36. The third-order valence-electron chi connectivity index (χ3n) is 7.02. The number of aromatic nitrogens is 4. The van der Waals surface area contributed by atoms with E-state index in [9.17, 15) is 8.42 Å². The molecule has 1 aromatic carbocycles. The monoisotopic (exact) mass is 501 g/mol. The van der Waals surface area contributed by atoms with Gasteiger partial charge < -0.3 is 19.7 Å². The largest absolute Gasteiger partial charge is 0.493 e. The molecule has 12 heteroatoms. The van der Waals surface area contributed by atoms with Crippen molar-refractivity contribution in [2.45, 2.75) is 26.7 Å². The van der Waals surface area contributed by atoms with E-state index in [0.717, 1.165) is 42.5 Å². The summed E-state index contributed by atoms with van der Waals surface area (Å²) in [6.07, 6.45) is 1.69. The molecule has 0 unspecified atom stereocenters. The number of benzene rings is 1. The zero-order valence-corrected chi connectivity index (χ0v) is 21.3. The number of rotatable bonds is 7. The van der Waals surface area contributed by atoms with Crippen LogP contribution in [-0.2, 0) is 10.0 Å². The third-order valence-corrected chi connectivity index (χ3v) is 8.90. The van der Waals surface area contributed by atoms with E-state index in [4.69, 9.17) is 19.4 Å². The van der Waals surface area contributed by atoms with Crippen molar-refractivity contribution < 1.29 is 17.9 Å². The predicted octanol–water partition coefficient (Wildman–Crippen LogP) is 2.67. The number of nitrogens with one attached hydrogen (secondary N) is 2. The van der Waals surface area contributed by atoms with E-state index in [1.165, 1.54) is 0 Å². The van der Waals surface area contributed by atoms with E-state index in [1.807, 2.05) is 25.1 Å². The van der Waals surface area contributed by atoms with Gasteiger partial charge in [-0.2, -0.15) is 10.1 Å². The summed E-state index contributed by atoms with van der Waals surface area (Å²) < 4.78 is 37.1. The molecule has 0 saturated carbocycles. The average molecular weight is 502 g/mol. The van der Waals surface area contributed by atoms with Crippen LogP contribution in [0.1, 0.15) is 25.5 Å². The number of methoxy groups -OCH3 is 2. The molecule has 11 nitrogen and oxygen atoms in total. The normalized spacial score (nSPS) is 18.0. The Bertz CT molecular complexity index is 1340. The molecule has 0 bridgehead atoms. The Morgan fingerprint density at radius 1 is 1.09 bits per heavy atom. The molecule has 0 radical (unpaired) electrons. The molecule has 2 aromatic heterocycles. The highest BCUT2D eigenvalue weighted by atomic mass is 32.2. The topological polar surface area (TPSA) is 126 Å². The Morgan fingerprint density at radius 3 is 2.37 bits per heavy atom. The predicted molar refractivity (Wildman–Crippen MR) is 134 cm³/mol. The van der Waals surface area contributed by atoms with Gasteiger partial charge in [0.25, 0.3) is 0 Å². The van der Waals surface area contributed by atoms with Crippen molar-refractivity contribution in [3.63, 3.8) is 0 Å². The fourth-order valence-corrected chi connectivity index (χ4v) is 6.03. The van der Waals surface area contributed by atoms with E-state index in [2.05, 4.69) is 20.4 Å². The highest BCUT2D eigenvalue weighted by Gasteiger charge is 2.47. The number of anilines is 3. The van der Waals surface area contributed by atoms with Crippen LogP contribution in [0.4, 0.5) is 17.6 Å². The van der Waals surface area contributed by atoms with Crippen LogP contribution in [0.5, 0.6) is 11.5 Å². The second kappa shape index (κ2) is 8.83. The lowest BCUT2D eigenvalue weighted by Crippen LogP contribution is -2.61. The van der Waals surface area contributed by atoms with Crippen molar-refractivity contribution in [2.75, 3.05) is 56.4 Å². The van der Waals surface area contributed by atoms with Gasteiger partial charge in [-0.15, -0.1) is 0 Å². The van der Waals surface area contributed by atoms with Crippen molar-refractivity contribution in [3.8, 4) is 11.5 Å². The van der Waals surface area contributed by atoms with Crippen LogP contribution < -0.4 is 19.7 Å². The van der Waals surface area contributed by atoms with Crippen LogP contribution in [0, 0.1) is 12.3 Å². The first-order valence-corrected chi connectivity index (χ1v) is 13.3. The molecule has 2 aliphatic heterocycles. The van der Waals surface area contributed by atoms with Crippen molar-refractivity contribution in [2.24, 2.45) is 5.41 Å². The lowest BCUT2D eigenvalue weighted by atomic mass is 9.72. The number of ether oxygens (including phenoxy) is 2. The highest BCUT2D eigenvalue weighted by molar-refractivity contribution is 7.89. The Labute approximate surface area is 204 Å². The van der Waals surface area contributed by atoms with E-state index in [1.54, 1.807) is 25.4 Å². The highest BCUT2D eigenvalue weighted by Crippen LogP contribution is 2.43. The number of aryl methyl sites for hydroxylation is 1. The quantitative estimate of drug-likeness (QED) is 0.502. The molecule has 188 valence electrons. The number of hydrogen-bond donors (Lipinski definition) is 2. The molecule has 2 fully saturated rings. The van der Waals surface area contributed by atoms with Crippen molar-refractivity contribution >= 4 is 38.5 Å². The minimum atomic E-state index is -3.14. The summed E-state index contributed by atoms with van der Waals surface area (Å²) in [4.78, 5) is 11.8. The van der Waals surface area contributed by atoms with Gasteiger partial charge in [0, 0.05) is 54.8 Å². The first-order valence-electron chi connectivity index (χ1n) is 11.7. The Morgan fingerprint density at radius 2 is 1.77 bits per heavy atom. The first-order chi connectivity index (χ1) is 16.8. The SMILES string of the molecule is CCS(=O)(=O)N1CCC2(CC1)CN(c1nc(Nc3cc(C)[nH]n3)c3cc(OC)c(OC)cc3n1)C2. The van der Waals surface area contributed by atoms with Crippen LogP contribution in [0.15, 0.2) is 18.2 Å². The molecule has 2 N–H and O–H groups in total. The standard InChI is InChI=1S/C23H31N7O4S/c1-5-35(31,32)30-8-6-23(7-9-30)13-29(14-23)22-24-17-12-19(34-4)18(33-3)11-16(17)21(26-22)25-20-10-15(2)27-28-20/h10-12H,5-9,13-14H2,1-4H3,(H2,24,25,26,27,28). The van der Waals surface area contributed by atoms with Crippen LogP contribution in [0.2, 0.25) is 0 Å². The molecular weight excluding hydrogens is 470 g/mol. The fourth-order valence-electron chi connectivity index (χ4n) is 4.93. The summed E-state index contributed by atoms with van der Waals surface area (Å²) in [5, 5.41) is 11.3. The van der Waals surface area contributed by atoms with Gasteiger partial charge in [0.1, 0.15) is 5.82 Å². The van der Waals surface area contributed by atoms with E-state index < -0.39 is 10.0 Å². The molecule has 35 heavy (non-hydrogen) atoms. The Kier molecular flexibility index (Phi) is 5.96. The number of nitrogens with zero attached hydrogens (tertiary/aromatic N) is 5. The Hall–Kier alpha value is -3.12. The van der Waals surface area contributed by atoms with Crippen LogP contribution >= 0.6 is 0 Å². The van der Waals surface area contributed by atoms with Crippen molar-refractivity contribution in [3.05, 3.63) is 23.9 Å². The summed E-state index contributed by atoms with van der Waals surface area (Å²) in [6, 6.07) is 5.62. The molecule has 0 amide bonds. The maximum Gasteiger partial charge on any atom is 0.227 e. The van der Waals surface area contributed by atoms with Gasteiger partial charge in [-0.25, -0.2) is 17.7 Å². The number of fused-ring (bicyclic) bond motifs is 1. The fraction of sp³-hybridized carbons (Fsp3) is 0.522. The van der Waals surface area contributed by atoms with Crippen molar-refractivity contribution in [1.29, 1.82) is 0 Å². The summed E-state index contributed by atoms with van der Waals surface area (Å²) in [5.74, 6) is 3.24. The molecule has 5 rings (SSSR count). The summed E-state index contributed by atoms with van der Waals surface area (Å²) in [6.45, 7) is 6.38. The molecule has 2 aliphatic rings. The van der Waals surface area contributed by atoms with Crippen molar-refractivity contribution in [1.82, 2.24) is 24.5 Å². The summed E-state index contributed by atoms with van der Waals surface area (Å²) in [5.41, 5.74) is 1.77. The summed E-state index contributed by atoms with van der Waals surface area (Å²) in [7, 11) is 0.0603. The maximum absolute atomic E-state index is 12.2. The molecule has 2 saturated heterocycles. The zero-order valence-electron chi connectivity index (χ0n) is 20.5. The molecular formula is C23H31N7O4S. The number of H-pyrrole nitrogens is 1. The van der Waals surface area contributed by atoms with Crippen LogP contribution in [-0.4, -0.2) is 79.0 Å². The van der Waals surface area contributed by atoms with E-state index >= 15 is 0 Å². The van der Waals surface area contributed by atoms with Gasteiger partial charge in [0.2, 0.25) is 16.0 Å². The minimum absolute atomic E-state index is 0.0998. The van der Waals surface area contributed by atoms with Gasteiger partial charge in [0.15, 0.2) is 17.3 Å². The number of aromatic amines is 1. The molecule has 4 heterocycles. The summed E-state index contributed by atoms with van der Waals surface area (Å²) >= 11 is 0. The van der Waals surface area contributed by atoms with Gasteiger partial charge in [-0.3, -0.25) is 5.10 Å². The molecule has 0 atom stereocenters. The maximum atomic E-state index is 12.2. The second-order valence-corrected chi connectivity index (χ2v) is 11.6. The lowest BCUT2D eigenvalue weighted by Gasteiger charge is -2.53. The van der Waals surface area contributed by atoms with Crippen LogP contribution in [0.3, 0.4) is 0 Å². The molecule has 3 aromatic rings.